The maximum Gasteiger partial charge on any atom is 0.229 e. The molecule has 1 atom stereocenters. The van der Waals surface area contributed by atoms with Crippen molar-refractivity contribution in [1.29, 1.82) is 0 Å². The van der Waals surface area contributed by atoms with Crippen molar-refractivity contribution >= 4 is 22.4 Å². The van der Waals surface area contributed by atoms with E-state index in [-0.39, 0.29) is 17.6 Å². The zero-order chi connectivity index (χ0) is 13.8. The van der Waals surface area contributed by atoms with Crippen LogP contribution in [0.15, 0.2) is 24.3 Å². The number of benzene rings is 1. The van der Waals surface area contributed by atoms with Crippen LogP contribution in [0.5, 0.6) is 0 Å². The Kier molecular flexibility index (Phi) is 4.21. The van der Waals surface area contributed by atoms with E-state index < -0.39 is 0 Å². The van der Waals surface area contributed by atoms with Gasteiger partial charge in [0.2, 0.25) is 11.0 Å². The number of carbonyl (C=O) groups excluding carboxylic acids is 1. The van der Waals surface area contributed by atoms with Crippen LogP contribution in [0.25, 0.3) is 10.6 Å². The summed E-state index contributed by atoms with van der Waals surface area (Å²) in [4.78, 5) is 11.7. The van der Waals surface area contributed by atoms with Crippen molar-refractivity contribution in [1.82, 2.24) is 10.2 Å². The molecule has 0 saturated carbocycles. The number of amides is 1. The highest BCUT2D eigenvalue weighted by Crippen LogP contribution is 2.28. The molecular weight excluding hydrogens is 265 g/mol. The maximum absolute atomic E-state index is 13.6. The summed E-state index contributed by atoms with van der Waals surface area (Å²) in [5, 5.41) is 11.3. The van der Waals surface area contributed by atoms with Crippen molar-refractivity contribution in [2.24, 2.45) is 5.92 Å². The SMILES string of the molecule is CC[C@H](C)C(=O)Nc1nnc(-c2ccccc2F)s1. The average molecular weight is 279 g/mol. The molecule has 0 fully saturated rings. The van der Waals surface area contributed by atoms with E-state index in [0.29, 0.717) is 15.7 Å². The first-order chi connectivity index (χ1) is 9.11. The maximum atomic E-state index is 13.6. The highest BCUT2D eigenvalue weighted by Gasteiger charge is 2.15. The smallest absolute Gasteiger partial charge is 0.229 e. The van der Waals surface area contributed by atoms with Crippen molar-refractivity contribution in [3.8, 4) is 10.6 Å². The van der Waals surface area contributed by atoms with Crippen molar-refractivity contribution in [3.05, 3.63) is 30.1 Å². The highest BCUT2D eigenvalue weighted by atomic mass is 32.1. The lowest BCUT2D eigenvalue weighted by atomic mass is 10.1. The fraction of sp³-hybridized carbons (Fsp3) is 0.308. The van der Waals surface area contributed by atoms with Crippen molar-refractivity contribution < 1.29 is 9.18 Å². The van der Waals surface area contributed by atoms with Gasteiger partial charge in [0.25, 0.3) is 0 Å². The van der Waals surface area contributed by atoms with Crippen LogP contribution in [0.4, 0.5) is 9.52 Å². The molecule has 19 heavy (non-hydrogen) atoms. The van der Waals surface area contributed by atoms with E-state index >= 15 is 0 Å². The molecule has 100 valence electrons. The molecule has 0 unspecified atom stereocenters. The van der Waals surface area contributed by atoms with E-state index in [2.05, 4.69) is 15.5 Å². The molecule has 1 heterocycles. The molecule has 0 spiro atoms. The van der Waals surface area contributed by atoms with Gasteiger partial charge >= 0.3 is 0 Å². The normalized spacial score (nSPS) is 12.2. The Morgan fingerprint density at radius 1 is 1.42 bits per heavy atom. The first kappa shape index (κ1) is 13.6. The second-order valence-corrected chi connectivity index (χ2v) is 5.17. The Hall–Kier alpha value is -1.82. The summed E-state index contributed by atoms with van der Waals surface area (Å²) < 4.78 is 13.6. The molecular formula is C13H14FN3OS. The minimum absolute atomic E-state index is 0.0826. The number of aromatic nitrogens is 2. The molecule has 1 N–H and O–H groups in total. The molecule has 6 heteroatoms. The lowest BCUT2D eigenvalue weighted by molar-refractivity contribution is -0.119. The molecule has 0 aliphatic rings. The number of nitrogens with zero attached hydrogens (tertiary/aromatic N) is 2. The topological polar surface area (TPSA) is 54.9 Å². The molecule has 0 aliphatic heterocycles. The molecule has 2 aromatic rings. The number of hydrogen-bond acceptors (Lipinski definition) is 4. The van der Waals surface area contributed by atoms with Gasteiger partial charge in [-0.3, -0.25) is 4.79 Å². The minimum atomic E-state index is -0.349. The Morgan fingerprint density at radius 2 is 2.16 bits per heavy atom. The summed E-state index contributed by atoms with van der Waals surface area (Å²) in [6, 6.07) is 6.35. The fourth-order valence-corrected chi connectivity index (χ4v) is 2.20. The Labute approximate surface area is 114 Å². The molecule has 0 saturated heterocycles. The standard InChI is InChI=1S/C13H14FN3OS/c1-3-8(2)11(18)15-13-17-16-12(19-13)9-6-4-5-7-10(9)14/h4-8H,3H2,1-2H3,(H,15,17,18)/t8-/m0/s1. The third-order valence-electron chi connectivity index (χ3n) is 2.82. The number of anilines is 1. The predicted molar refractivity (Wildman–Crippen MR) is 73.4 cm³/mol. The van der Waals surface area contributed by atoms with E-state index in [1.165, 1.54) is 6.07 Å². The number of halogens is 1. The van der Waals surface area contributed by atoms with Crippen LogP contribution >= 0.6 is 11.3 Å². The summed E-state index contributed by atoms with van der Waals surface area (Å²) in [6.07, 6.45) is 0.755. The van der Waals surface area contributed by atoms with Crippen LogP contribution in [-0.2, 0) is 4.79 Å². The van der Waals surface area contributed by atoms with Crippen LogP contribution in [-0.4, -0.2) is 16.1 Å². The lowest BCUT2D eigenvalue weighted by Crippen LogP contribution is -2.19. The molecule has 0 bridgehead atoms. The largest absolute Gasteiger partial charge is 0.300 e. The molecule has 1 aromatic heterocycles. The van der Waals surface area contributed by atoms with Crippen LogP contribution in [0.3, 0.4) is 0 Å². The van der Waals surface area contributed by atoms with Gasteiger partial charge in [-0.15, -0.1) is 10.2 Å². The Balaban J connectivity index is 2.16. The molecule has 1 aromatic carbocycles. The minimum Gasteiger partial charge on any atom is -0.300 e. The van der Waals surface area contributed by atoms with E-state index in [9.17, 15) is 9.18 Å². The van der Waals surface area contributed by atoms with Gasteiger partial charge < -0.3 is 5.32 Å². The van der Waals surface area contributed by atoms with Gasteiger partial charge in [-0.1, -0.05) is 37.3 Å². The third-order valence-corrected chi connectivity index (χ3v) is 3.69. The average Bonchev–Trinajstić information content (AvgIpc) is 2.86. The Morgan fingerprint density at radius 3 is 2.84 bits per heavy atom. The molecule has 0 radical (unpaired) electrons. The van der Waals surface area contributed by atoms with Gasteiger partial charge in [0, 0.05) is 11.5 Å². The van der Waals surface area contributed by atoms with E-state index in [1.54, 1.807) is 18.2 Å². The quantitative estimate of drug-likeness (QED) is 0.934. The van der Waals surface area contributed by atoms with Gasteiger partial charge in [-0.25, -0.2) is 4.39 Å². The summed E-state index contributed by atoms with van der Waals surface area (Å²) in [5.74, 6) is -0.530. The second-order valence-electron chi connectivity index (χ2n) is 4.19. The van der Waals surface area contributed by atoms with Crippen molar-refractivity contribution in [3.63, 3.8) is 0 Å². The highest BCUT2D eigenvalue weighted by molar-refractivity contribution is 7.18. The number of nitrogens with one attached hydrogen (secondary N) is 1. The zero-order valence-corrected chi connectivity index (χ0v) is 11.5. The number of carbonyl (C=O) groups is 1. The number of rotatable bonds is 4. The first-order valence-electron chi connectivity index (χ1n) is 6.01. The van der Waals surface area contributed by atoms with Gasteiger partial charge in [0.1, 0.15) is 5.82 Å². The van der Waals surface area contributed by atoms with Gasteiger partial charge in [0.05, 0.1) is 0 Å². The summed E-state index contributed by atoms with van der Waals surface area (Å²) >= 11 is 1.16. The second kappa shape index (κ2) is 5.88. The predicted octanol–water partition coefficient (Wildman–Crippen LogP) is 3.33. The molecule has 1 amide bonds. The Bertz CT molecular complexity index is 585. The van der Waals surface area contributed by atoms with E-state index in [0.717, 1.165) is 17.8 Å². The van der Waals surface area contributed by atoms with Gasteiger partial charge in [-0.05, 0) is 18.6 Å². The first-order valence-corrected chi connectivity index (χ1v) is 6.82. The lowest BCUT2D eigenvalue weighted by Gasteiger charge is -2.06. The number of hydrogen-bond donors (Lipinski definition) is 1. The van der Waals surface area contributed by atoms with E-state index in [4.69, 9.17) is 0 Å². The van der Waals surface area contributed by atoms with E-state index in [1.807, 2.05) is 13.8 Å². The molecule has 2 rings (SSSR count). The summed E-state index contributed by atoms with van der Waals surface area (Å²) in [5.41, 5.74) is 0.393. The van der Waals surface area contributed by atoms with Crippen LogP contribution in [0, 0.1) is 11.7 Å². The summed E-state index contributed by atoms with van der Waals surface area (Å²) in [7, 11) is 0. The van der Waals surface area contributed by atoms with Crippen LogP contribution in [0.2, 0.25) is 0 Å². The molecule has 0 aliphatic carbocycles. The van der Waals surface area contributed by atoms with Gasteiger partial charge in [-0.2, -0.15) is 0 Å². The monoisotopic (exact) mass is 279 g/mol. The summed E-state index contributed by atoms with van der Waals surface area (Å²) in [6.45, 7) is 3.78. The van der Waals surface area contributed by atoms with Crippen LogP contribution in [0.1, 0.15) is 20.3 Å². The van der Waals surface area contributed by atoms with Gasteiger partial charge in [0.15, 0.2) is 5.01 Å². The zero-order valence-electron chi connectivity index (χ0n) is 10.7. The van der Waals surface area contributed by atoms with Crippen molar-refractivity contribution in [2.75, 3.05) is 5.32 Å². The molecule has 4 nitrogen and oxygen atoms in total. The van der Waals surface area contributed by atoms with Crippen molar-refractivity contribution in [2.45, 2.75) is 20.3 Å². The fourth-order valence-electron chi connectivity index (χ4n) is 1.43. The van der Waals surface area contributed by atoms with Crippen LogP contribution < -0.4 is 5.32 Å². The third kappa shape index (κ3) is 3.14.